The highest BCUT2D eigenvalue weighted by molar-refractivity contribution is 5.99. The highest BCUT2D eigenvalue weighted by Gasteiger charge is 2.62. The van der Waals surface area contributed by atoms with Crippen molar-refractivity contribution in [3.05, 3.63) is 42.2 Å². The minimum Gasteiger partial charge on any atom is -0.378 e. The second-order valence-corrected chi connectivity index (χ2v) is 7.39. The molecule has 1 saturated carbocycles. The number of aryl methyl sites for hydroxylation is 1. The maximum absolute atomic E-state index is 12.8. The summed E-state index contributed by atoms with van der Waals surface area (Å²) >= 11 is 0. The molecule has 1 heterocycles. The average Bonchev–Trinajstić information content (AvgIpc) is 2.62. The molecular formula is C20H26N4O2. The van der Waals surface area contributed by atoms with Crippen LogP contribution in [-0.4, -0.2) is 34.1 Å². The zero-order valence-electron chi connectivity index (χ0n) is 15.7. The molecule has 1 aromatic heterocycles. The first-order valence-electron chi connectivity index (χ1n) is 8.90. The fraction of sp³-hybridized carbons (Fsp3) is 0.450. The number of anilines is 1. The molecule has 26 heavy (non-hydrogen) atoms. The van der Waals surface area contributed by atoms with Crippen molar-refractivity contribution in [2.45, 2.75) is 45.8 Å². The van der Waals surface area contributed by atoms with E-state index in [1.807, 2.05) is 58.0 Å². The van der Waals surface area contributed by atoms with Gasteiger partial charge in [0.25, 0.3) is 0 Å². The number of rotatable bonds is 5. The van der Waals surface area contributed by atoms with Gasteiger partial charge in [0.2, 0.25) is 5.91 Å². The number of nitrogens with two attached hydrogens (primary N) is 1. The van der Waals surface area contributed by atoms with Gasteiger partial charge in [-0.1, -0.05) is 13.8 Å². The topological polar surface area (TPSA) is 90.1 Å². The molecule has 0 aliphatic heterocycles. The summed E-state index contributed by atoms with van der Waals surface area (Å²) < 4.78 is 5.69. The lowest BCUT2D eigenvalue weighted by atomic mass is 9.54. The van der Waals surface area contributed by atoms with Crippen LogP contribution in [-0.2, 0) is 9.53 Å². The van der Waals surface area contributed by atoms with Crippen LogP contribution in [0.4, 0.5) is 5.69 Å². The van der Waals surface area contributed by atoms with Crippen molar-refractivity contribution < 1.29 is 9.53 Å². The number of ether oxygens (including phenoxy) is 1. The highest BCUT2D eigenvalue weighted by Crippen LogP contribution is 2.50. The Bertz CT molecular complexity index is 804. The summed E-state index contributed by atoms with van der Waals surface area (Å²) in [6.07, 6.45) is 2.26. The maximum atomic E-state index is 12.8. The molecule has 6 nitrogen and oxygen atoms in total. The van der Waals surface area contributed by atoms with Gasteiger partial charge in [0.15, 0.2) is 5.82 Å². The van der Waals surface area contributed by atoms with Crippen LogP contribution in [0.1, 0.15) is 32.9 Å². The zero-order chi connectivity index (χ0) is 18.9. The summed E-state index contributed by atoms with van der Waals surface area (Å²) in [6, 6.07) is 9.32. The molecule has 2 unspecified atom stereocenters. The van der Waals surface area contributed by atoms with Gasteiger partial charge in [0.1, 0.15) is 5.54 Å². The number of amides is 1. The van der Waals surface area contributed by atoms with E-state index in [4.69, 9.17) is 10.5 Å². The number of benzene rings is 1. The summed E-state index contributed by atoms with van der Waals surface area (Å²) in [5.41, 5.74) is 7.57. The lowest BCUT2D eigenvalue weighted by Gasteiger charge is -2.57. The van der Waals surface area contributed by atoms with Crippen molar-refractivity contribution in [3.63, 3.8) is 0 Å². The van der Waals surface area contributed by atoms with E-state index in [1.165, 1.54) is 0 Å². The summed E-state index contributed by atoms with van der Waals surface area (Å²) in [5, 5.41) is 2.93. The average molecular weight is 354 g/mol. The van der Waals surface area contributed by atoms with Crippen molar-refractivity contribution in [2.24, 2.45) is 11.1 Å². The minimum absolute atomic E-state index is 0.00379. The fourth-order valence-electron chi connectivity index (χ4n) is 3.35. The monoisotopic (exact) mass is 354 g/mol. The predicted molar refractivity (Wildman–Crippen MR) is 102 cm³/mol. The van der Waals surface area contributed by atoms with Crippen LogP contribution in [0.3, 0.4) is 0 Å². The van der Waals surface area contributed by atoms with E-state index < -0.39 is 11.0 Å². The Hall–Kier alpha value is -2.31. The molecule has 0 bridgehead atoms. The van der Waals surface area contributed by atoms with Crippen LogP contribution in [0.25, 0.3) is 11.4 Å². The summed E-state index contributed by atoms with van der Waals surface area (Å²) in [5.74, 6) is 0.482. The van der Waals surface area contributed by atoms with Crippen molar-refractivity contribution in [1.82, 2.24) is 9.97 Å². The lowest BCUT2D eigenvalue weighted by Crippen LogP contribution is -2.74. The molecule has 1 aliphatic carbocycles. The van der Waals surface area contributed by atoms with Gasteiger partial charge in [-0.3, -0.25) is 4.79 Å². The van der Waals surface area contributed by atoms with Crippen LogP contribution in [0.5, 0.6) is 0 Å². The van der Waals surface area contributed by atoms with E-state index in [0.29, 0.717) is 24.5 Å². The molecule has 0 spiro atoms. The fourth-order valence-corrected chi connectivity index (χ4v) is 3.35. The van der Waals surface area contributed by atoms with Gasteiger partial charge in [-0.05, 0) is 44.2 Å². The predicted octanol–water partition coefficient (Wildman–Crippen LogP) is 2.92. The Morgan fingerprint density at radius 2 is 2.00 bits per heavy atom. The first-order valence-corrected chi connectivity index (χ1v) is 8.90. The first-order chi connectivity index (χ1) is 12.3. The number of nitrogens with one attached hydrogen (secondary N) is 1. The van der Waals surface area contributed by atoms with Crippen molar-refractivity contribution in [2.75, 3.05) is 11.9 Å². The van der Waals surface area contributed by atoms with Crippen molar-refractivity contribution in [3.8, 4) is 11.4 Å². The smallest absolute Gasteiger partial charge is 0.245 e. The number of nitrogens with zero attached hydrogens (tertiary/aromatic N) is 2. The molecule has 3 N–H and O–H groups in total. The summed E-state index contributed by atoms with van der Waals surface area (Å²) in [4.78, 5) is 21.4. The Kier molecular flexibility index (Phi) is 4.82. The lowest BCUT2D eigenvalue weighted by molar-refractivity contribution is -0.166. The molecule has 2 aromatic rings. The Morgan fingerprint density at radius 1 is 1.31 bits per heavy atom. The van der Waals surface area contributed by atoms with Crippen LogP contribution >= 0.6 is 0 Å². The third-order valence-electron chi connectivity index (χ3n) is 5.43. The van der Waals surface area contributed by atoms with Gasteiger partial charge in [0, 0.05) is 41.6 Å². The Morgan fingerprint density at radius 3 is 2.58 bits per heavy atom. The molecule has 1 amide bonds. The highest BCUT2D eigenvalue weighted by atomic mass is 16.5. The molecule has 138 valence electrons. The quantitative estimate of drug-likeness (QED) is 0.861. The first kappa shape index (κ1) is 18.5. The Balaban J connectivity index is 1.71. The van der Waals surface area contributed by atoms with Crippen LogP contribution < -0.4 is 11.1 Å². The molecule has 2 atom stereocenters. The number of carbonyl (C=O) groups excluding carboxylic acids is 1. The number of hydrogen-bond donors (Lipinski definition) is 2. The van der Waals surface area contributed by atoms with E-state index in [0.717, 1.165) is 11.3 Å². The van der Waals surface area contributed by atoms with Crippen molar-refractivity contribution in [1.29, 1.82) is 0 Å². The van der Waals surface area contributed by atoms with Gasteiger partial charge >= 0.3 is 0 Å². The van der Waals surface area contributed by atoms with Crippen LogP contribution in [0.15, 0.2) is 36.5 Å². The van der Waals surface area contributed by atoms with E-state index in [2.05, 4.69) is 15.3 Å². The summed E-state index contributed by atoms with van der Waals surface area (Å²) in [7, 11) is 0. The molecule has 0 saturated heterocycles. The number of hydrogen-bond acceptors (Lipinski definition) is 5. The third kappa shape index (κ3) is 3.10. The SMILES string of the molecule is CCOC1CC(N)(C(=O)Nc2ccc(-c3nccc(C)n3)cc2)C1(C)C. The van der Waals surface area contributed by atoms with Gasteiger partial charge in [0.05, 0.1) is 6.10 Å². The zero-order valence-corrected chi connectivity index (χ0v) is 15.7. The molecule has 1 aliphatic rings. The standard InChI is InChI=1S/C20H26N4O2/c1-5-26-16-12-20(21,19(16,3)4)18(25)24-15-8-6-14(7-9-15)17-22-11-10-13(2)23-17/h6-11,16H,5,12,21H2,1-4H3,(H,24,25). The van der Waals surface area contributed by atoms with Crippen molar-refractivity contribution >= 4 is 11.6 Å². The minimum atomic E-state index is -0.939. The van der Waals surface area contributed by atoms with E-state index >= 15 is 0 Å². The van der Waals surface area contributed by atoms with Gasteiger partial charge in [-0.25, -0.2) is 9.97 Å². The molecule has 1 aromatic carbocycles. The van der Waals surface area contributed by atoms with Crippen LogP contribution in [0.2, 0.25) is 0 Å². The number of aromatic nitrogens is 2. The van der Waals surface area contributed by atoms with E-state index in [-0.39, 0.29) is 12.0 Å². The maximum Gasteiger partial charge on any atom is 0.245 e. The molecule has 6 heteroatoms. The normalized spacial score (nSPS) is 24.0. The van der Waals surface area contributed by atoms with Gasteiger partial charge in [-0.15, -0.1) is 0 Å². The van der Waals surface area contributed by atoms with Gasteiger partial charge < -0.3 is 15.8 Å². The summed E-state index contributed by atoms with van der Waals surface area (Å²) in [6.45, 7) is 8.46. The largest absolute Gasteiger partial charge is 0.378 e. The Labute approximate surface area is 154 Å². The molecule has 3 rings (SSSR count). The number of carbonyl (C=O) groups is 1. The second kappa shape index (κ2) is 6.78. The van der Waals surface area contributed by atoms with E-state index in [1.54, 1.807) is 6.20 Å². The van der Waals surface area contributed by atoms with E-state index in [9.17, 15) is 4.79 Å². The molecule has 0 radical (unpaired) electrons. The molecular weight excluding hydrogens is 328 g/mol. The second-order valence-electron chi connectivity index (χ2n) is 7.39. The molecule has 1 fully saturated rings. The third-order valence-corrected chi connectivity index (χ3v) is 5.43. The van der Waals surface area contributed by atoms with Crippen LogP contribution in [0, 0.1) is 12.3 Å². The van der Waals surface area contributed by atoms with Gasteiger partial charge in [-0.2, -0.15) is 0 Å².